The topological polar surface area (TPSA) is 73.8 Å². The van der Waals surface area contributed by atoms with Gasteiger partial charge in [-0.15, -0.1) is 0 Å². The molecule has 0 radical (unpaired) electrons. The molecule has 25 heavy (non-hydrogen) atoms. The Hall–Kier alpha value is -1.70. The Morgan fingerprint density at radius 1 is 1.36 bits per heavy atom. The van der Waals surface area contributed by atoms with E-state index in [1.807, 2.05) is 27.0 Å². The SMILES string of the molecule is COc1cc(OCC2CCCN(C(=O)OC(C)(C)C)C2)nc(SC)n1. The quantitative estimate of drug-likeness (QED) is 0.583. The fraction of sp³-hybridized carbons (Fsp3) is 0.706. The van der Waals surface area contributed by atoms with Gasteiger partial charge in [-0.1, -0.05) is 11.8 Å². The second-order valence-corrected chi connectivity index (χ2v) is 7.75. The Kier molecular flexibility index (Phi) is 6.75. The molecule has 8 heteroatoms. The predicted octanol–water partition coefficient (Wildman–Crippen LogP) is 3.23. The van der Waals surface area contributed by atoms with Crippen molar-refractivity contribution in [2.45, 2.75) is 44.4 Å². The van der Waals surface area contributed by atoms with Crippen molar-refractivity contribution in [3.05, 3.63) is 6.07 Å². The van der Waals surface area contributed by atoms with Crippen LogP contribution in [0.2, 0.25) is 0 Å². The van der Waals surface area contributed by atoms with Gasteiger partial charge in [0, 0.05) is 19.0 Å². The molecule has 7 nitrogen and oxygen atoms in total. The van der Waals surface area contributed by atoms with Crippen molar-refractivity contribution in [1.29, 1.82) is 0 Å². The number of hydrogen-bond acceptors (Lipinski definition) is 7. The van der Waals surface area contributed by atoms with Gasteiger partial charge in [0.15, 0.2) is 5.16 Å². The third-order valence-electron chi connectivity index (χ3n) is 3.69. The fourth-order valence-electron chi connectivity index (χ4n) is 2.55. The molecule has 0 bridgehead atoms. The summed E-state index contributed by atoms with van der Waals surface area (Å²) >= 11 is 1.43. The number of carbonyl (C=O) groups excluding carboxylic acids is 1. The summed E-state index contributed by atoms with van der Waals surface area (Å²) < 4.78 is 16.5. The summed E-state index contributed by atoms with van der Waals surface area (Å²) in [4.78, 5) is 22.5. The monoisotopic (exact) mass is 369 g/mol. The lowest BCUT2D eigenvalue weighted by molar-refractivity contribution is 0.0138. The van der Waals surface area contributed by atoms with Crippen LogP contribution in [0.15, 0.2) is 11.2 Å². The van der Waals surface area contributed by atoms with Crippen molar-refractivity contribution in [2.24, 2.45) is 5.92 Å². The average molecular weight is 369 g/mol. The van der Waals surface area contributed by atoms with E-state index in [2.05, 4.69) is 9.97 Å². The van der Waals surface area contributed by atoms with Gasteiger partial charge in [0.1, 0.15) is 5.60 Å². The first-order valence-corrected chi connectivity index (χ1v) is 9.61. The van der Waals surface area contributed by atoms with Crippen LogP contribution in [-0.2, 0) is 4.74 Å². The highest BCUT2D eigenvalue weighted by Crippen LogP contribution is 2.23. The van der Waals surface area contributed by atoms with Crippen LogP contribution < -0.4 is 9.47 Å². The lowest BCUT2D eigenvalue weighted by atomic mass is 9.99. The molecule has 1 atom stereocenters. The summed E-state index contributed by atoms with van der Waals surface area (Å²) in [5.41, 5.74) is -0.480. The van der Waals surface area contributed by atoms with Crippen molar-refractivity contribution >= 4 is 17.9 Å². The van der Waals surface area contributed by atoms with E-state index in [-0.39, 0.29) is 12.0 Å². The normalized spacial score (nSPS) is 18.0. The van der Waals surface area contributed by atoms with E-state index in [4.69, 9.17) is 14.2 Å². The fourth-order valence-corrected chi connectivity index (χ4v) is 2.91. The number of rotatable bonds is 5. The van der Waals surface area contributed by atoms with Gasteiger partial charge >= 0.3 is 6.09 Å². The Morgan fingerprint density at radius 3 is 2.72 bits per heavy atom. The molecule has 1 aliphatic rings. The minimum Gasteiger partial charge on any atom is -0.481 e. The number of ether oxygens (including phenoxy) is 3. The van der Waals surface area contributed by atoms with Gasteiger partial charge in [-0.2, -0.15) is 9.97 Å². The van der Waals surface area contributed by atoms with E-state index in [1.54, 1.807) is 18.1 Å². The lowest BCUT2D eigenvalue weighted by Crippen LogP contribution is -2.44. The average Bonchev–Trinajstić information content (AvgIpc) is 2.58. The minimum absolute atomic E-state index is 0.250. The first-order chi connectivity index (χ1) is 11.8. The highest BCUT2D eigenvalue weighted by atomic mass is 32.2. The third-order valence-corrected chi connectivity index (χ3v) is 4.24. The molecule has 2 heterocycles. The lowest BCUT2D eigenvalue weighted by Gasteiger charge is -2.33. The van der Waals surface area contributed by atoms with E-state index in [0.29, 0.717) is 30.1 Å². The second-order valence-electron chi connectivity index (χ2n) is 6.98. The summed E-state index contributed by atoms with van der Waals surface area (Å²) in [5.74, 6) is 1.22. The molecule has 140 valence electrons. The van der Waals surface area contributed by atoms with Crippen LogP contribution in [0.4, 0.5) is 4.79 Å². The number of nitrogens with zero attached hydrogens (tertiary/aromatic N) is 3. The van der Waals surface area contributed by atoms with Crippen molar-refractivity contribution in [2.75, 3.05) is 33.1 Å². The molecule has 1 amide bonds. The number of aromatic nitrogens is 2. The highest BCUT2D eigenvalue weighted by Gasteiger charge is 2.28. The highest BCUT2D eigenvalue weighted by molar-refractivity contribution is 7.98. The van der Waals surface area contributed by atoms with Gasteiger partial charge < -0.3 is 19.1 Å². The molecular weight excluding hydrogens is 342 g/mol. The third kappa shape index (κ3) is 6.26. The summed E-state index contributed by atoms with van der Waals surface area (Å²) in [7, 11) is 1.57. The first-order valence-electron chi connectivity index (χ1n) is 8.38. The Morgan fingerprint density at radius 2 is 2.08 bits per heavy atom. The summed E-state index contributed by atoms with van der Waals surface area (Å²) in [5, 5.41) is 0.605. The standard InChI is InChI=1S/C17H27N3O4S/c1-17(2,3)24-16(21)20-8-6-7-12(10-20)11-23-14-9-13(22-4)18-15(19-14)25-5/h9,12H,6-8,10-11H2,1-5H3. The number of carbonyl (C=O) groups is 1. The smallest absolute Gasteiger partial charge is 0.410 e. The van der Waals surface area contributed by atoms with Crippen molar-refractivity contribution in [1.82, 2.24) is 14.9 Å². The van der Waals surface area contributed by atoms with Crippen LogP contribution in [0.25, 0.3) is 0 Å². The molecule has 0 aromatic carbocycles. The molecule has 0 aliphatic carbocycles. The summed E-state index contributed by atoms with van der Waals surface area (Å²) in [6, 6.07) is 1.67. The second kappa shape index (κ2) is 8.60. The number of hydrogen-bond donors (Lipinski definition) is 0. The molecule has 0 N–H and O–H groups in total. The van der Waals surface area contributed by atoms with E-state index >= 15 is 0 Å². The molecule has 1 saturated heterocycles. The molecule has 1 unspecified atom stereocenters. The Balaban J connectivity index is 1.91. The van der Waals surface area contributed by atoms with Crippen LogP contribution >= 0.6 is 11.8 Å². The van der Waals surface area contributed by atoms with Crippen LogP contribution in [0.1, 0.15) is 33.6 Å². The van der Waals surface area contributed by atoms with Crippen LogP contribution in [-0.4, -0.2) is 59.6 Å². The van der Waals surface area contributed by atoms with Crippen molar-refractivity contribution < 1.29 is 19.0 Å². The van der Waals surface area contributed by atoms with E-state index < -0.39 is 5.60 Å². The van der Waals surface area contributed by atoms with Gasteiger partial charge in [-0.3, -0.25) is 0 Å². The molecule has 1 fully saturated rings. The molecule has 0 spiro atoms. The molecule has 0 saturated carbocycles. The van der Waals surface area contributed by atoms with Crippen LogP contribution in [0, 0.1) is 5.92 Å². The van der Waals surface area contributed by atoms with E-state index in [9.17, 15) is 4.79 Å². The molecule has 1 aromatic heterocycles. The largest absolute Gasteiger partial charge is 0.481 e. The van der Waals surface area contributed by atoms with Crippen LogP contribution in [0.5, 0.6) is 11.8 Å². The van der Waals surface area contributed by atoms with Crippen molar-refractivity contribution in [3.63, 3.8) is 0 Å². The van der Waals surface area contributed by atoms with Gasteiger partial charge in [-0.05, 0) is 39.9 Å². The first kappa shape index (κ1) is 19.6. The maximum absolute atomic E-state index is 12.2. The summed E-state index contributed by atoms with van der Waals surface area (Å²) in [6.45, 7) is 7.48. The Bertz CT molecular complexity index is 569. The number of amides is 1. The number of piperidine rings is 1. The number of thioether (sulfide) groups is 1. The zero-order chi connectivity index (χ0) is 18.4. The van der Waals surface area contributed by atoms with Crippen molar-refractivity contribution in [3.8, 4) is 11.8 Å². The van der Waals surface area contributed by atoms with E-state index in [1.165, 1.54) is 11.8 Å². The number of methoxy groups -OCH3 is 1. The molecular formula is C17H27N3O4S. The number of likely N-dealkylation sites (tertiary alicyclic amines) is 1. The maximum atomic E-state index is 12.2. The van der Waals surface area contributed by atoms with Gasteiger partial charge in [0.25, 0.3) is 0 Å². The van der Waals surface area contributed by atoms with Gasteiger partial charge in [0.2, 0.25) is 11.8 Å². The zero-order valence-corrected chi connectivity index (χ0v) is 16.4. The maximum Gasteiger partial charge on any atom is 0.410 e. The van der Waals surface area contributed by atoms with Crippen LogP contribution in [0.3, 0.4) is 0 Å². The van der Waals surface area contributed by atoms with E-state index in [0.717, 1.165) is 19.4 Å². The molecule has 2 rings (SSSR count). The van der Waals surface area contributed by atoms with Gasteiger partial charge in [0.05, 0.1) is 19.8 Å². The molecule has 1 aliphatic heterocycles. The Labute approximate surface area is 153 Å². The zero-order valence-electron chi connectivity index (χ0n) is 15.6. The molecule has 1 aromatic rings. The summed E-state index contributed by atoms with van der Waals surface area (Å²) in [6.07, 6.45) is 3.59. The predicted molar refractivity (Wildman–Crippen MR) is 96.4 cm³/mol. The minimum atomic E-state index is -0.480. The van der Waals surface area contributed by atoms with Gasteiger partial charge in [-0.25, -0.2) is 4.79 Å².